The minimum atomic E-state index is -0.327. The normalized spacial score (nSPS) is 16.7. The van der Waals surface area contributed by atoms with Gasteiger partial charge in [0.05, 0.1) is 5.92 Å². The van der Waals surface area contributed by atoms with Gasteiger partial charge in [0.15, 0.2) is 0 Å². The number of hydrogen-bond donors (Lipinski definition) is 1. The fourth-order valence-electron chi connectivity index (χ4n) is 3.75. The standard InChI is InChI=1S/C23H28N2O2/c1-5-17-8-7-9-18(6-2)22(17)24-23(27)19-13-21(26)25(14-19)20-12-15(3)10-11-16(20)4/h7-12,19H,5-6,13-14H2,1-4H3,(H,24,27)/t19-/m1/s1. The lowest BCUT2D eigenvalue weighted by Crippen LogP contribution is -2.29. The molecule has 142 valence electrons. The number of aryl methyl sites for hydroxylation is 4. The third-order valence-corrected chi connectivity index (χ3v) is 5.40. The molecule has 1 heterocycles. The Hall–Kier alpha value is -2.62. The minimum absolute atomic E-state index is 0.0170. The van der Waals surface area contributed by atoms with Gasteiger partial charge in [-0.3, -0.25) is 9.59 Å². The lowest BCUT2D eigenvalue weighted by molar-refractivity contribution is -0.122. The second kappa shape index (κ2) is 7.95. The van der Waals surface area contributed by atoms with Gasteiger partial charge in [-0.2, -0.15) is 0 Å². The number of carbonyl (C=O) groups excluding carboxylic acids is 2. The van der Waals surface area contributed by atoms with Crippen molar-refractivity contribution < 1.29 is 9.59 Å². The Bertz CT molecular complexity index is 850. The first kappa shape index (κ1) is 19.2. The molecule has 1 fully saturated rings. The highest BCUT2D eigenvalue weighted by Gasteiger charge is 2.36. The maximum absolute atomic E-state index is 12.9. The van der Waals surface area contributed by atoms with E-state index < -0.39 is 0 Å². The molecular weight excluding hydrogens is 336 g/mol. The number of nitrogens with zero attached hydrogens (tertiary/aromatic N) is 1. The van der Waals surface area contributed by atoms with Crippen molar-refractivity contribution in [1.82, 2.24) is 0 Å². The third kappa shape index (κ3) is 3.90. The molecule has 0 saturated carbocycles. The first-order chi connectivity index (χ1) is 12.9. The van der Waals surface area contributed by atoms with E-state index in [9.17, 15) is 9.59 Å². The summed E-state index contributed by atoms with van der Waals surface area (Å²) in [7, 11) is 0. The van der Waals surface area contributed by atoms with Crippen molar-refractivity contribution in [3.8, 4) is 0 Å². The summed E-state index contributed by atoms with van der Waals surface area (Å²) in [6.07, 6.45) is 1.98. The molecule has 0 radical (unpaired) electrons. The van der Waals surface area contributed by atoms with Gasteiger partial charge < -0.3 is 10.2 Å². The van der Waals surface area contributed by atoms with E-state index >= 15 is 0 Å². The SMILES string of the molecule is CCc1cccc(CC)c1NC(=O)[C@@H]1CC(=O)N(c2cc(C)ccc2C)C1. The highest BCUT2D eigenvalue weighted by molar-refractivity contribution is 6.04. The fraction of sp³-hybridized carbons (Fsp3) is 0.391. The second-order valence-corrected chi connectivity index (χ2v) is 7.34. The van der Waals surface area contributed by atoms with Crippen LogP contribution < -0.4 is 10.2 Å². The molecule has 4 nitrogen and oxygen atoms in total. The number of rotatable bonds is 5. The van der Waals surface area contributed by atoms with Crippen molar-refractivity contribution >= 4 is 23.2 Å². The summed E-state index contributed by atoms with van der Waals surface area (Å²) >= 11 is 0. The van der Waals surface area contributed by atoms with E-state index in [-0.39, 0.29) is 24.2 Å². The lowest BCUT2D eigenvalue weighted by atomic mass is 10.0. The van der Waals surface area contributed by atoms with Crippen LogP contribution in [0.25, 0.3) is 0 Å². The fourth-order valence-corrected chi connectivity index (χ4v) is 3.75. The molecule has 2 aromatic rings. The summed E-state index contributed by atoms with van der Waals surface area (Å²) in [5.41, 5.74) is 6.28. The van der Waals surface area contributed by atoms with Crippen LogP contribution >= 0.6 is 0 Å². The van der Waals surface area contributed by atoms with Gasteiger partial charge in [-0.15, -0.1) is 0 Å². The summed E-state index contributed by atoms with van der Waals surface area (Å²) in [6.45, 7) is 8.63. The Morgan fingerprint density at radius 3 is 2.41 bits per heavy atom. The van der Waals surface area contributed by atoms with E-state index in [0.29, 0.717) is 6.54 Å². The monoisotopic (exact) mass is 364 g/mol. The zero-order valence-corrected chi connectivity index (χ0v) is 16.6. The molecule has 1 aliphatic rings. The van der Waals surface area contributed by atoms with Gasteiger partial charge in [-0.25, -0.2) is 0 Å². The van der Waals surface area contributed by atoms with E-state index in [4.69, 9.17) is 0 Å². The van der Waals surface area contributed by atoms with Gasteiger partial charge in [-0.05, 0) is 55.0 Å². The van der Waals surface area contributed by atoms with E-state index in [2.05, 4.69) is 31.3 Å². The molecule has 0 bridgehead atoms. The van der Waals surface area contributed by atoms with Gasteiger partial charge in [-0.1, -0.05) is 44.2 Å². The lowest BCUT2D eigenvalue weighted by Gasteiger charge is -2.20. The zero-order chi connectivity index (χ0) is 19.6. The quantitative estimate of drug-likeness (QED) is 0.854. The molecule has 1 aliphatic heterocycles. The number of para-hydroxylation sites is 1. The maximum atomic E-state index is 12.9. The summed E-state index contributed by atoms with van der Waals surface area (Å²) in [5.74, 6) is -0.373. The largest absolute Gasteiger partial charge is 0.325 e. The van der Waals surface area contributed by atoms with Crippen molar-refractivity contribution in [2.75, 3.05) is 16.8 Å². The van der Waals surface area contributed by atoms with Crippen molar-refractivity contribution in [2.24, 2.45) is 5.92 Å². The molecule has 27 heavy (non-hydrogen) atoms. The first-order valence-corrected chi connectivity index (χ1v) is 9.73. The van der Waals surface area contributed by atoms with Crippen LogP contribution in [0.2, 0.25) is 0 Å². The molecular formula is C23H28N2O2. The van der Waals surface area contributed by atoms with Crippen molar-refractivity contribution in [3.63, 3.8) is 0 Å². The first-order valence-electron chi connectivity index (χ1n) is 9.73. The van der Waals surface area contributed by atoms with Crippen molar-refractivity contribution in [2.45, 2.75) is 47.0 Å². The topological polar surface area (TPSA) is 49.4 Å². The van der Waals surface area contributed by atoms with Gasteiger partial charge in [0.25, 0.3) is 0 Å². The molecule has 0 spiro atoms. The average molecular weight is 364 g/mol. The van der Waals surface area contributed by atoms with Crippen LogP contribution in [0.1, 0.15) is 42.5 Å². The molecule has 0 aliphatic carbocycles. The van der Waals surface area contributed by atoms with Crippen LogP contribution in [0.15, 0.2) is 36.4 Å². The van der Waals surface area contributed by atoms with E-state index in [1.165, 1.54) is 0 Å². The molecule has 0 aromatic heterocycles. The van der Waals surface area contributed by atoms with Crippen LogP contribution in [-0.4, -0.2) is 18.4 Å². The predicted octanol–water partition coefficient (Wildman–Crippen LogP) is 4.42. The summed E-state index contributed by atoms with van der Waals surface area (Å²) in [5, 5.41) is 3.12. The molecule has 0 unspecified atom stereocenters. The number of amides is 2. The highest BCUT2D eigenvalue weighted by atomic mass is 16.2. The van der Waals surface area contributed by atoms with Crippen LogP contribution in [0.4, 0.5) is 11.4 Å². The van der Waals surface area contributed by atoms with Gasteiger partial charge in [0.2, 0.25) is 11.8 Å². The second-order valence-electron chi connectivity index (χ2n) is 7.34. The third-order valence-electron chi connectivity index (χ3n) is 5.40. The number of nitrogens with one attached hydrogen (secondary N) is 1. The predicted molar refractivity (Wildman–Crippen MR) is 110 cm³/mol. The summed E-state index contributed by atoms with van der Waals surface area (Å²) in [4.78, 5) is 27.3. The number of hydrogen-bond acceptors (Lipinski definition) is 2. The smallest absolute Gasteiger partial charge is 0.229 e. The van der Waals surface area contributed by atoms with Crippen molar-refractivity contribution in [3.05, 3.63) is 58.7 Å². The van der Waals surface area contributed by atoms with Crippen molar-refractivity contribution in [1.29, 1.82) is 0 Å². The van der Waals surface area contributed by atoms with Crippen LogP contribution in [0.5, 0.6) is 0 Å². The Kier molecular flexibility index (Phi) is 5.64. The molecule has 1 N–H and O–H groups in total. The Labute approximate surface area is 161 Å². The molecule has 4 heteroatoms. The summed E-state index contributed by atoms with van der Waals surface area (Å²) in [6, 6.07) is 12.2. The zero-order valence-electron chi connectivity index (χ0n) is 16.6. The number of benzene rings is 2. The molecule has 1 saturated heterocycles. The van der Waals surface area contributed by atoms with Crippen LogP contribution in [0, 0.1) is 19.8 Å². The van der Waals surface area contributed by atoms with Crippen LogP contribution in [-0.2, 0) is 22.4 Å². The van der Waals surface area contributed by atoms with E-state index in [1.54, 1.807) is 4.90 Å². The molecule has 3 rings (SSSR count). The number of anilines is 2. The average Bonchev–Trinajstić information content (AvgIpc) is 3.05. The van der Waals surface area contributed by atoms with Gasteiger partial charge in [0.1, 0.15) is 0 Å². The number of carbonyl (C=O) groups is 2. The Morgan fingerprint density at radius 1 is 1.11 bits per heavy atom. The molecule has 2 amide bonds. The van der Waals surface area contributed by atoms with E-state index in [0.717, 1.165) is 46.5 Å². The van der Waals surface area contributed by atoms with Gasteiger partial charge in [0, 0.05) is 24.3 Å². The molecule has 1 atom stereocenters. The summed E-state index contributed by atoms with van der Waals surface area (Å²) < 4.78 is 0. The molecule has 2 aromatic carbocycles. The maximum Gasteiger partial charge on any atom is 0.229 e. The van der Waals surface area contributed by atoms with Crippen LogP contribution in [0.3, 0.4) is 0 Å². The minimum Gasteiger partial charge on any atom is -0.325 e. The Morgan fingerprint density at radius 2 is 1.78 bits per heavy atom. The van der Waals surface area contributed by atoms with E-state index in [1.807, 2.05) is 38.1 Å². The van der Waals surface area contributed by atoms with Gasteiger partial charge >= 0.3 is 0 Å². The highest BCUT2D eigenvalue weighted by Crippen LogP contribution is 2.30. The Balaban J connectivity index is 1.80.